The van der Waals surface area contributed by atoms with E-state index in [9.17, 15) is 9.59 Å². The van der Waals surface area contributed by atoms with Crippen molar-refractivity contribution in [1.82, 2.24) is 4.90 Å². The van der Waals surface area contributed by atoms with E-state index >= 15 is 0 Å². The van der Waals surface area contributed by atoms with Gasteiger partial charge >= 0.3 is 5.63 Å². The van der Waals surface area contributed by atoms with Crippen LogP contribution in [0.15, 0.2) is 39.5 Å². The largest absolute Gasteiger partial charge is 0.488 e. The predicted molar refractivity (Wildman–Crippen MR) is 100 cm³/mol. The molecule has 1 fully saturated rings. The second-order valence-corrected chi connectivity index (χ2v) is 7.15. The molecule has 0 radical (unpaired) electrons. The maximum absolute atomic E-state index is 12.4. The summed E-state index contributed by atoms with van der Waals surface area (Å²) < 4.78 is 10.7. The molecule has 1 amide bonds. The Bertz CT molecular complexity index is 865. The second-order valence-electron chi connectivity index (χ2n) is 6.34. The summed E-state index contributed by atoms with van der Waals surface area (Å²) >= 11 is 11.9. The van der Waals surface area contributed by atoms with E-state index in [1.165, 1.54) is 6.07 Å². The molecule has 0 spiro atoms. The van der Waals surface area contributed by atoms with Crippen molar-refractivity contribution in [2.75, 3.05) is 13.1 Å². The molecular weight excluding hydrogens is 377 g/mol. The third kappa shape index (κ3) is 4.80. The first kappa shape index (κ1) is 18.8. The monoisotopic (exact) mass is 395 g/mol. The lowest BCUT2D eigenvalue weighted by atomic mass is 10.1. The SMILES string of the molecule is Cc1cc(O[C@@H]2CCN(C(=O)CCc3ccc(Cl)c(Cl)c3)C2)cc(=O)o1. The summed E-state index contributed by atoms with van der Waals surface area (Å²) in [5.41, 5.74) is 0.541. The molecule has 2 aromatic rings. The topological polar surface area (TPSA) is 59.8 Å². The van der Waals surface area contributed by atoms with Gasteiger partial charge in [-0.05, 0) is 31.0 Å². The molecule has 1 aromatic carbocycles. The van der Waals surface area contributed by atoms with Crippen molar-refractivity contribution in [1.29, 1.82) is 0 Å². The second kappa shape index (κ2) is 8.14. The number of aryl methyl sites for hydroxylation is 2. The first-order chi connectivity index (χ1) is 12.4. The Labute approximate surface area is 161 Å². The van der Waals surface area contributed by atoms with Crippen LogP contribution in [0, 0.1) is 6.92 Å². The van der Waals surface area contributed by atoms with Gasteiger partial charge in [-0.3, -0.25) is 4.79 Å². The molecular formula is C19H19Cl2NO4. The Kier molecular flexibility index (Phi) is 5.89. The van der Waals surface area contributed by atoms with Crippen molar-refractivity contribution in [3.8, 4) is 5.75 Å². The number of ether oxygens (including phenoxy) is 1. The van der Waals surface area contributed by atoms with Crippen molar-refractivity contribution in [2.24, 2.45) is 0 Å². The maximum Gasteiger partial charge on any atom is 0.339 e. The Morgan fingerprint density at radius 2 is 2.08 bits per heavy atom. The van der Waals surface area contributed by atoms with Gasteiger partial charge in [-0.1, -0.05) is 29.3 Å². The van der Waals surface area contributed by atoms with E-state index in [0.29, 0.717) is 47.5 Å². The van der Waals surface area contributed by atoms with Crippen LogP contribution in [0.1, 0.15) is 24.2 Å². The number of carbonyl (C=O) groups is 1. The van der Waals surface area contributed by atoms with E-state index in [4.69, 9.17) is 32.4 Å². The van der Waals surface area contributed by atoms with Crippen LogP contribution in [-0.2, 0) is 11.2 Å². The number of halogens is 2. The van der Waals surface area contributed by atoms with Gasteiger partial charge in [0.05, 0.1) is 22.7 Å². The van der Waals surface area contributed by atoms with Crippen LogP contribution in [0.2, 0.25) is 10.0 Å². The Morgan fingerprint density at radius 3 is 2.81 bits per heavy atom. The third-order valence-corrected chi connectivity index (χ3v) is 5.02. The van der Waals surface area contributed by atoms with Gasteiger partial charge < -0.3 is 14.1 Å². The minimum Gasteiger partial charge on any atom is -0.488 e. The highest BCUT2D eigenvalue weighted by molar-refractivity contribution is 6.42. The Morgan fingerprint density at radius 1 is 1.27 bits per heavy atom. The van der Waals surface area contributed by atoms with Crippen molar-refractivity contribution < 1.29 is 13.9 Å². The zero-order valence-electron chi connectivity index (χ0n) is 14.3. The standard InChI is InChI=1S/C19H19Cl2NO4/c1-12-8-15(10-19(24)25-12)26-14-6-7-22(11-14)18(23)5-3-13-2-4-16(20)17(21)9-13/h2,4,8-10,14H,3,5-7,11H2,1H3/t14-/m1/s1. The normalized spacial score (nSPS) is 16.7. The van der Waals surface area contributed by atoms with Gasteiger partial charge in [-0.15, -0.1) is 0 Å². The summed E-state index contributed by atoms with van der Waals surface area (Å²) in [6.45, 7) is 2.85. The van der Waals surface area contributed by atoms with Crippen LogP contribution in [0.3, 0.4) is 0 Å². The Hall–Kier alpha value is -1.98. The minimum absolute atomic E-state index is 0.0749. The third-order valence-electron chi connectivity index (χ3n) is 4.28. The summed E-state index contributed by atoms with van der Waals surface area (Å²) in [6.07, 6.45) is 1.62. The minimum atomic E-state index is -0.437. The average molecular weight is 396 g/mol. The number of hydrogen-bond acceptors (Lipinski definition) is 4. The molecule has 1 atom stereocenters. The number of rotatable bonds is 5. The molecule has 0 bridgehead atoms. The molecule has 138 valence electrons. The van der Waals surface area contributed by atoms with Crippen LogP contribution < -0.4 is 10.4 Å². The summed E-state index contributed by atoms with van der Waals surface area (Å²) in [6, 6.07) is 8.40. The van der Waals surface area contributed by atoms with E-state index < -0.39 is 5.63 Å². The molecule has 1 aliphatic rings. The predicted octanol–water partition coefficient (Wildman–Crippen LogP) is 3.87. The number of carbonyl (C=O) groups excluding carboxylic acids is 1. The van der Waals surface area contributed by atoms with Crippen molar-refractivity contribution in [3.63, 3.8) is 0 Å². The quantitative estimate of drug-likeness (QED) is 0.770. The van der Waals surface area contributed by atoms with E-state index in [0.717, 1.165) is 12.0 Å². The fourth-order valence-corrected chi connectivity index (χ4v) is 3.31. The Balaban J connectivity index is 1.52. The molecule has 0 N–H and O–H groups in total. The van der Waals surface area contributed by atoms with Gasteiger partial charge in [0, 0.05) is 25.5 Å². The summed E-state index contributed by atoms with van der Waals surface area (Å²) in [4.78, 5) is 25.6. The van der Waals surface area contributed by atoms with Gasteiger partial charge in [0.2, 0.25) is 5.91 Å². The first-order valence-corrected chi connectivity index (χ1v) is 9.16. The van der Waals surface area contributed by atoms with Crippen LogP contribution in [-0.4, -0.2) is 30.0 Å². The van der Waals surface area contributed by atoms with Gasteiger partial charge in [0.25, 0.3) is 0 Å². The van der Waals surface area contributed by atoms with E-state index in [2.05, 4.69) is 0 Å². The number of amides is 1. The summed E-state index contributed by atoms with van der Waals surface area (Å²) in [5.74, 6) is 1.06. The number of nitrogens with zero attached hydrogens (tertiary/aromatic N) is 1. The fraction of sp³-hybridized carbons (Fsp3) is 0.368. The lowest BCUT2D eigenvalue weighted by Gasteiger charge is -2.17. The average Bonchev–Trinajstić information content (AvgIpc) is 3.03. The molecule has 3 rings (SSSR count). The molecule has 0 aliphatic carbocycles. The van der Waals surface area contributed by atoms with Crippen molar-refractivity contribution in [3.05, 3.63) is 62.1 Å². The molecule has 26 heavy (non-hydrogen) atoms. The zero-order valence-corrected chi connectivity index (χ0v) is 15.8. The molecule has 0 unspecified atom stereocenters. The smallest absolute Gasteiger partial charge is 0.339 e. The molecule has 1 aromatic heterocycles. The van der Waals surface area contributed by atoms with Gasteiger partial charge in [0.15, 0.2) is 0 Å². The summed E-state index contributed by atoms with van der Waals surface area (Å²) in [5, 5.41) is 1.00. The van der Waals surface area contributed by atoms with E-state index in [1.807, 2.05) is 6.07 Å². The fourth-order valence-electron chi connectivity index (χ4n) is 2.99. The first-order valence-electron chi connectivity index (χ1n) is 8.41. The highest BCUT2D eigenvalue weighted by Gasteiger charge is 2.27. The zero-order chi connectivity index (χ0) is 18.7. The van der Waals surface area contributed by atoms with Gasteiger partial charge in [-0.2, -0.15) is 0 Å². The molecule has 2 heterocycles. The molecule has 0 saturated carbocycles. The highest BCUT2D eigenvalue weighted by atomic mass is 35.5. The molecule has 1 saturated heterocycles. The molecule has 5 nitrogen and oxygen atoms in total. The van der Waals surface area contributed by atoms with Crippen LogP contribution in [0.25, 0.3) is 0 Å². The molecule has 1 aliphatic heterocycles. The van der Waals surface area contributed by atoms with Crippen molar-refractivity contribution >= 4 is 29.1 Å². The lowest BCUT2D eigenvalue weighted by Crippen LogP contribution is -2.31. The van der Waals surface area contributed by atoms with Gasteiger partial charge in [0.1, 0.15) is 17.6 Å². The number of likely N-dealkylation sites (tertiary alicyclic amines) is 1. The number of hydrogen-bond donors (Lipinski definition) is 0. The maximum atomic E-state index is 12.4. The van der Waals surface area contributed by atoms with Crippen LogP contribution in [0.5, 0.6) is 5.75 Å². The molecule has 7 heteroatoms. The number of benzene rings is 1. The highest BCUT2D eigenvalue weighted by Crippen LogP contribution is 2.24. The van der Waals surface area contributed by atoms with Crippen molar-refractivity contribution in [2.45, 2.75) is 32.3 Å². The van der Waals surface area contributed by atoms with Gasteiger partial charge in [-0.25, -0.2) is 4.79 Å². The van der Waals surface area contributed by atoms with E-state index in [-0.39, 0.29) is 12.0 Å². The van der Waals surface area contributed by atoms with Crippen LogP contribution in [0.4, 0.5) is 0 Å². The van der Waals surface area contributed by atoms with Crippen LogP contribution >= 0.6 is 23.2 Å². The lowest BCUT2D eigenvalue weighted by molar-refractivity contribution is -0.130. The summed E-state index contributed by atoms with van der Waals surface area (Å²) in [7, 11) is 0. The van der Waals surface area contributed by atoms with E-state index in [1.54, 1.807) is 30.0 Å².